The fraction of sp³-hybridized carbons (Fsp3) is 0.467. The Morgan fingerprint density at radius 1 is 1.33 bits per heavy atom. The van der Waals surface area contributed by atoms with Crippen LogP contribution in [0.3, 0.4) is 0 Å². The van der Waals surface area contributed by atoms with Crippen molar-refractivity contribution in [3.05, 3.63) is 35.6 Å². The molecular formula is C15H20FNO4. The largest absolute Gasteiger partial charge is 0.466 e. The fourth-order valence-corrected chi connectivity index (χ4v) is 1.77. The molecule has 21 heavy (non-hydrogen) atoms. The lowest BCUT2D eigenvalue weighted by atomic mass is 10.0. The quantitative estimate of drug-likeness (QED) is 0.559. The Kier molecular flexibility index (Phi) is 6.98. The molecule has 0 spiro atoms. The Balaban J connectivity index is 2.80. The Bertz CT molecular complexity index is 473. The van der Waals surface area contributed by atoms with Crippen LogP contribution in [0.15, 0.2) is 24.3 Å². The molecule has 0 amide bonds. The number of Topliss-reactive ketones (excluding diaryl/α,β-unsaturated/α-hetero) is 1. The van der Waals surface area contributed by atoms with E-state index >= 15 is 0 Å². The molecule has 1 rings (SSSR count). The molecule has 2 unspecified atom stereocenters. The highest BCUT2D eigenvalue weighted by atomic mass is 19.1. The summed E-state index contributed by atoms with van der Waals surface area (Å²) in [5, 5.41) is 12.1. The summed E-state index contributed by atoms with van der Waals surface area (Å²) in [5.41, 5.74) is 0.295. The summed E-state index contributed by atoms with van der Waals surface area (Å²) in [7, 11) is 0. The van der Waals surface area contributed by atoms with Crippen molar-refractivity contribution in [3.8, 4) is 0 Å². The van der Waals surface area contributed by atoms with Crippen LogP contribution in [0.2, 0.25) is 0 Å². The molecule has 2 atom stereocenters. The Labute approximate surface area is 123 Å². The molecule has 0 fully saturated rings. The third-order valence-corrected chi connectivity index (χ3v) is 2.78. The number of nitrogens with one attached hydrogen (secondary N) is 1. The third kappa shape index (κ3) is 6.01. The highest BCUT2D eigenvalue weighted by Crippen LogP contribution is 2.09. The lowest BCUT2D eigenvalue weighted by molar-refractivity contribution is -0.143. The number of aliphatic hydroxyl groups is 1. The van der Waals surface area contributed by atoms with Gasteiger partial charge in [0.25, 0.3) is 0 Å². The van der Waals surface area contributed by atoms with E-state index < -0.39 is 23.9 Å². The van der Waals surface area contributed by atoms with Gasteiger partial charge in [-0.2, -0.15) is 0 Å². The summed E-state index contributed by atoms with van der Waals surface area (Å²) in [6, 6.07) is 4.27. The van der Waals surface area contributed by atoms with E-state index in [9.17, 15) is 19.1 Å². The first-order valence-electron chi connectivity index (χ1n) is 6.81. The van der Waals surface area contributed by atoms with Crippen LogP contribution in [0.4, 0.5) is 4.39 Å². The van der Waals surface area contributed by atoms with Crippen LogP contribution in [-0.2, 0) is 9.53 Å². The average Bonchev–Trinajstić information content (AvgIpc) is 2.43. The first-order chi connectivity index (χ1) is 9.93. The number of ether oxygens (including phenoxy) is 1. The van der Waals surface area contributed by atoms with Crippen molar-refractivity contribution in [1.29, 1.82) is 0 Å². The number of halogens is 1. The Hall–Kier alpha value is -1.79. The summed E-state index contributed by atoms with van der Waals surface area (Å²) in [5.74, 6) is -1.29. The minimum absolute atomic E-state index is 0.142. The number of carbonyl (C=O) groups excluding carboxylic acids is 2. The van der Waals surface area contributed by atoms with E-state index in [0.29, 0.717) is 5.56 Å². The molecule has 6 heteroatoms. The van der Waals surface area contributed by atoms with Crippen molar-refractivity contribution in [2.45, 2.75) is 32.4 Å². The maximum Gasteiger partial charge on any atom is 0.307 e. The van der Waals surface area contributed by atoms with Gasteiger partial charge in [0.1, 0.15) is 5.82 Å². The first-order valence-corrected chi connectivity index (χ1v) is 6.81. The van der Waals surface area contributed by atoms with Crippen molar-refractivity contribution in [2.75, 3.05) is 13.2 Å². The van der Waals surface area contributed by atoms with Crippen LogP contribution in [-0.4, -0.2) is 42.2 Å². The number of ketones is 1. The number of esters is 1. The van der Waals surface area contributed by atoms with E-state index in [1.165, 1.54) is 24.3 Å². The molecule has 0 aliphatic heterocycles. The third-order valence-electron chi connectivity index (χ3n) is 2.78. The number of hydrogen-bond donors (Lipinski definition) is 2. The Morgan fingerprint density at radius 3 is 2.48 bits per heavy atom. The molecule has 1 aromatic rings. The zero-order valence-corrected chi connectivity index (χ0v) is 12.1. The number of carbonyl (C=O) groups is 2. The van der Waals surface area contributed by atoms with Crippen LogP contribution in [0.1, 0.15) is 30.6 Å². The molecule has 0 aliphatic carbocycles. The highest BCUT2D eigenvalue weighted by molar-refractivity contribution is 6.01. The number of hydrogen-bond acceptors (Lipinski definition) is 5. The topological polar surface area (TPSA) is 75.6 Å². The fourth-order valence-electron chi connectivity index (χ4n) is 1.77. The van der Waals surface area contributed by atoms with Gasteiger partial charge >= 0.3 is 5.97 Å². The molecule has 0 saturated heterocycles. The van der Waals surface area contributed by atoms with Crippen LogP contribution < -0.4 is 5.32 Å². The zero-order chi connectivity index (χ0) is 15.8. The minimum Gasteiger partial charge on any atom is -0.466 e. The molecule has 0 saturated carbocycles. The predicted molar refractivity (Wildman–Crippen MR) is 75.5 cm³/mol. The van der Waals surface area contributed by atoms with Crippen molar-refractivity contribution >= 4 is 11.8 Å². The maximum absolute atomic E-state index is 12.9. The zero-order valence-electron chi connectivity index (χ0n) is 12.1. The monoisotopic (exact) mass is 297 g/mol. The minimum atomic E-state index is -0.816. The number of aliphatic hydroxyl groups excluding tert-OH is 1. The standard InChI is InChI=1S/C15H20FNO4/c1-3-21-14(19)8-13(17-9-10(2)18)15(20)11-4-6-12(16)7-5-11/h4-7,10,13,17-18H,3,8-9H2,1-2H3. The summed E-state index contributed by atoms with van der Waals surface area (Å²) in [6.07, 6.45) is -0.799. The van der Waals surface area contributed by atoms with Crippen molar-refractivity contribution < 1.29 is 23.8 Å². The van der Waals surface area contributed by atoms with Gasteiger partial charge in [0.2, 0.25) is 0 Å². The molecule has 0 heterocycles. The Morgan fingerprint density at radius 2 is 1.95 bits per heavy atom. The van der Waals surface area contributed by atoms with Crippen molar-refractivity contribution in [2.24, 2.45) is 0 Å². The summed E-state index contributed by atoms with van der Waals surface area (Å²) >= 11 is 0. The molecule has 0 aliphatic rings. The molecule has 2 N–H and O–H groups in total. The van der Waals surface area contributed by atoms with Gasteiger partial charge in [-0.1, -0.05) is 0 Å². The molecule has 0 bridgehead atoms. The molecule has 0 aromatic heterocycles. The van der Waals surface area contributed by atoms with Gasteiger partial charge in [0.05, 0.1) is 25.2 Å². The van der Waals surface area contributed by atoms with Gasteiger partial charge in [-0.25, -0.2) is 4.39 Å². The second-order valence-corrected chi connectivity index (χ2v) is 4.69. The normalized spacial score (nSPS) is 13.5. The molecule has 0 radical (unpaired) electrons. The predicted octanol–water partition coefficient (Wildman–Crippen LogP) is 1.30. The van der Waals surface area contributed by atoms with E-state index in [2.05, 4.69) is 5.32 Å². The maximum atomic E-state index is 12.9. The van der Waals surface area contributed by atoms with Gasteiger partial charge in [-0.05, 0) is 38.1 Å². The molecular weight excluding hydrogens is 277 g/mol. The first kappa shape index (κ1) is 17.3. The van der Waals surface area contributed by atoms with Gasteiger partial charge in [0, 0.05) is 12.1 Å². The number of rotatable bonds is 8. The van der Waals surface area contributed by atoms with Crippen LogP contribution >= 0.6 is 0 Å². The summed E-state index contributed by atoms with van der Waals surface area (Å²) < 4.78 is 17.7. The highest BCUT2D eigenvalue weighted by Gasteiger charge is 2.23. The van der Waals surface area contributed by atoms with Crippen LogP contribution in [0.5, 0.6) is 0 Å². The van der Waals surface area contributed by atoms with Gasteiger partial charge in [-0.15, -0.1) is 0 Å². The SMILES string of the molecule is CCOC(=O)CC(NCC(C)O)C(=O)c1ccc(F)cc1. The van der Waals surface area contributed by atoms with Gasteiger partial charge in [-0.3, -0.25) is 9.59 Å². The lowest BCUT2D eigenvalue weighted by Gasteiger charge is -2.18. The van der Waals surface area contributed by atoms with Crippen LogP contribution in [0, 0.1) is 5.82 Å². The molecule has 5 nitrogen and oxygen atoms in total. The van der Waals surface area contributed by atoms with Crippen LogP contribution in [0.25, 0.3) is 0 Å². The van der Waals surface area contributed by atoms with Gasteiger partial charge < -0.3 is 15.2 Å². The molecule has 116 valence electrons. The number of benzene rings is 1. The molecule has 1 aromatic carbocycles. The summed E-state index contributed by atoms with van der Waals surface area (Å²) in [4.78, 5) is 23.9. The summed E-state index contributed by atoms with van der Waals surface area (Å²) in [6.45, 7) is 3.64. The van der Waals surface area contributed by atoms with E-state index in [4.69, 9.17) is 4.74 Å². The van der Waals surface area contributed by atoms with Gasteiger partial charge in [0.15, 0.2) is 5.78 Å². The second-order valence-electron chi connectivity index (χ2n) is 4.69. The van der Waals surface area contributed by atoms with E-state index in [1.807, 2.05) is 0 Å². The van der Waals surface area contributed by atoms with E-state index in [1.54, 1.807) is 13.8 Å². The lowest BCUT2D eigenvalue weighted by Crippen LogP contribution is -2.42. The van der Waals surface area contributed by atoms with Crippen molar-refractivity contribution in [3.63, 3.8) is 0 Å². The van der Waals surface area contributed by atoms with E-state index in [0.717, 1.165) is 0 Å². The van der Waals surface area contributed by atoms with Crippen molar-refractivity contribution in [1.82, 2.24) is 5.32 Å². The second kappa shape index (κ2) is 8.49. The van der Waals surface area contributed by atoms with E-state index in [-0.39, 0.29) is 25.4 Å². The average molecular weight is 297 g/mol. The smallest absolute Gasteiger partial charge is 0.307 e.